The first kappa shape index (κ1) is 13.8. The average Bonchev–Trinajstić information content (AvgIpc) is 2.30. The van der Waals surface area contributed by atoms with Gasteiger partial charge < -0.3 is 10.1 Å². The monoisotopic (exact) mass is 233 g/mol. The van der Waals surface area contributed by atoms with Crippen molar-refractivity contribution in [1.29, 1.82) is 0 Å². The Labute approximate surface area is 105 Å². The zero-order valence-corrected chi connectivity index (χ0v) is 11.1. The predicted octanol–water partition coefficient (Wildman–Crippen LogP) is 3.70. The van der Waals surface area contributed by atoms with Gasteiger partial charge >= 0.3 is 0 Å². The summed E-state index contributed by atoms with van der Waals surface area (Å²) in [5, 5.41) is 3.33. The maximum atomic E-state index is 5.71. The number of rotatable bonds is 7. The van der Waals surface area contributed by atoms with Gasteiger partial charge in [0.2, 0.25) is 0 Å². The summed E-state index contributed by atoms with van der Waals surface area (Å²) < 4.78 is 5.71. The van der Waals surface area contributed by atoms with Crippen molar-refractivity contribution in [1.82, 2.24) is 5.32 Å². The number of ether oxygens (including phenoxy) is 1. The van der Waals surface area contributed by atoms with Gasteiger partial charge in [0.1, 0.15) is 5.75 Å². The van der Waals surface area contributed by atoms with Crippen LogP contribution >= 0.6 is 0 Å². The van der Waals surface area contributed by atoms with Crippen molar-refractivity contribution < 1.29 is 4.74 Å². The standard InChI is InChI=1S/C15H23NO/c1-5-6-10-15(16-4)13-8-7-9-14(11-13)17-12(2)3/h5,7-9,11-12,15-16H,1,6,10H2,2-4H3. The topological polar surface area (TPSA) is 21.3 Å². The van der Waals surface area contributed by atoms with E-state index in [1.807, 2.05) is 39.1 Å². The second kappa shape index (κ2) is 7.13. The van der Waals surface area contributed by atoms with Crippen molar-refractivity contribution in [3.63, 3.8) is 0 Å². The van der Waals surface area contributed by atoms with Crippen LogP contribution in [0.3, 0.4) is 0 Å². The first-order valence-corrected chi connectivity index (χ1v) is 6.22. The van der Waals surface area contributed by atoms with Gasteiger partial charge in [0, 0.05) is 6.04 Å². The Hall–Kier alpha value is -1.28. The number of hydrogen-bond acceptors (Lipinski definition) is 2. The number of hydrogen-bond donors (Lipinski definition) is 1. The van der Waals surface area contributed by atoms with E-state index in [-0.39, 0.29) is 6.10 Å². The molecule has 0 heterocycles. The van der Waals surface area contributed by atoms with E-state index in [4.69, 9.17) is 4.74 Å². The van der Waals surface area contributed by atoms with Gasteiger partial charge in [0.05, 0.1) is 6.10 Å². The third kappa shape index (κ3) is 4.61. The fourth-order valence-corrected chi connectivity index (χ4v) is 1.84. The molecule has 0 aliphatic heterocycles. The summed E-state index contributed by atoms with van der Waals surface area (Å²) >= 11 is 0. The molecule has 1 unspecified atom stereocenters. The Morgan fingerprint density at radius 2 is 2.18 bits per heavy atom. The van der Waals surface area contributed by atoms with Crippen molar-refractivity contribution in [3.05, 3.63) is 42.5 Å². The molecule has 1 aromatic rings. The van der Waals surface area contributed by atoms with E-state index in [0.29, 0.717) is 6.04 Å². The molecule has 0 fully saturated rings. The lowest BCUT2D eigenvalue weighted by molar-refractivity contribution is 0.242. The molecule has 17 heavy (non-hydrogen) atoms. The van der Waals surface area contributed by atoms with E-state index in [9.17, 15) is 0 Å². The molecule has 2 heteroatoms. The summed E-state index contributed by atoms with van der Waals surface area (Å²) in [6.45, 7) is 7.85. The molecule has 0 radical (unpaired) electrons. The van der Waals surface area contributed by atoms with Crippen molar-refractivity contribution in [2.45, 2.75) is 38.8 Å². The SMILES string of the molecule is C=CCCC(NC)c1cccc(OC(C)C)c1. The van der Waals surface area contributed by atoms with Crippen LogP contribution in [0.25, 0.3) is 0 Å². The van der Waals surface area contributed by atoms with E-state index in [1.165, 1.54) is 5.56 Å². The number of nitrogens with one attached hydrogen (secondary N) is 1. The van der Waals surface area contributed by atoms with Crippen LogP contribution in [-0.4, -0.2) is 13.2 Å². The molecule has 0 amide bonds. The molecular weight excluding hydrogens is 210 g/mol. The van der Waals surface area contributed by atoms with Crippen molar-refractivity contribution >= 4 is 0 Å². The molecule has 94 valence electrons. The molecular formula is C15H23NO. The highest BCUT2D eigenvalue weighted by atomic mass is 16.5. The zero-order chi connectivity index (χ0) is 12.7. The molecule has 1 atom stereocenters. The smallest absolute Gasteiger partial charge is 0.120 e. The lowest BCUT2D eigenvalue weighted by Crippen LogP contribution is -2.16. The van der Waals surface area contributed by atoms with Gasteiger partial charge in [-0.3, -0.25) is 0 Å². The van der Waals surface area contributed by atoms with E-state index in [1.54, 1.807) is 0 Å². The van der Waals surface area contributed by atoms with Crippen LogP contribution in [0.4, 0.5) is 0 Å². The molecule has 0 aromatic heterocycles. The van der Waals surface area contributed by atoms with Gasteiger partial charge in [-0.25, -0.2) is 0 Å². The lowest BCUT2D eigenvalue weighted by Gasteiger charge is -2.17. The first-order valence-electron chi connectivity index (χ1n) is 6.22. The Kier molecular flexibility index (Phi) is 5.78. The van der Waals surface area contributed by atoms with Crippen LogP contribution in [0.5, 0.6) is 5.75 Å². The van der Waals surface area contributed by atoms with Crippen LogP contribution < -0.4 is 10.1 Å². The molecule has 1 N–H and O–H groups in total. The minimum atomic E-state index is 0.214. The molecule has 0 saturated carbocycles. The fraction of sp³-hybridized carbons (Fsp3) is 0.467. The second-order valence-electron chi connectivity index (χ2n) is 4.45. The van der Waals surface area contributed by atoms with E-state index in [0.717, 1.165) is 18.6 Å². The lowest BCUT2D eigenvalue weighted by atomic mass is 10.0. The molecule has 0 aliphatic carbocycles. The minimum absolute atomic E-state index is 0.214. The summed E-state index contributed by atoms with van der Waals surface area (Å²) in [7, 11) is 1.99. The molecule has 2 nitrogen and oxygen atoms in total. The summed E-state index contributed by atoms with van der Waals surface area (Å²) in [6.07, 6.45) is 4.25. The molecule has 0 saturated heterocycles. The molecule has 1 aromatic carbocycles. The number of benzene rings is 1. The predicted molar refractivity (Wildman–Crippen MR) is 73.4 cm³/mol. The van der Waals surface area contributed by atoms with E-state index in [2.05, 4.69) is 24.0 Å². The Balaban J connectivity index is 2.77. The highest BCUT2D eigenvalue weighted by Gasteiger charge is 2.09. The summed E-state index contributed by atoms with van der Waals surface area (Å²) in [5.41, 5.74) is 1.27. The van der Waals surface area contributed by atoms with Crippen molar-refractivity contribution in [2.24, 2.45) is 0 Å². The summed E-state index contributed by atoms with van der Waals surface area (Å²) in [4.78, 5) is 0. The maximum Gasteiger partial charge on any atom is 0.120 e. The molecule has 0 aliphatic rings. The quantitative estimate of drug-likeness (QED) is 0.725. The van der Waals surface area contributed by atoms with Crippen LogP contribution in [0.1, 0.15) is 38.3 Å². The minimum Gasteiger partial charge on any atom is -0.491 e. The molecule has 0 bridgehead atoms. The van der Waals surface area contributed by atoms with Crippen LogP contribution in [0, 0.1) is 0 Å². The van der Waals surface area contributed by atoms with E-state index >= 15 is 0 Å². The largest absolute Gasteiger partial charge is 0.491 e. The Morgan fingerprint density at radius 1 is 1.41 bits per heavy atom. The zero-order valence-electron chi connectivity index (χ0n) is 11.1. The summed E-state index contributed by atoms with van der Waals surface area (Å²) in [5.74, 6) is 0.941. The number of allylic oxidation sites excluding steroid dienone is 1. The average molecular weight is 233 g/mol. The second-order valence-corrected chi connectivity index (χ2v) is 4.45. The van der Waals surface area contributed by atoms with Crippen LogP contribution in [0.2, 0.25) is 0 Å². The van der Waals surface area contributed by atoms with Gasteiger partial charge in [-0.2, -0.15) is 0 Å². The van der Waals surface area contributed by atoms with Gasteiger partial charge in [-0.1, -0.05) is 18.2 Å². The Morgan fingerprint density at radius 3 is 2.76 bits per heavy atom. The summed E-state index contributed by atoms with van der Waals surface area (Å²) in [6, 6.07) is 8.67. The normalized spacial score (nSPS) is 12.5. The van der Waals surface area contributed by atoms with E-state index < -0.39 is 0 Å². The third-order valence-electron chi connectivity index (χ3n) is 2.64. The van der Waals surface area contributed by atoms with Gasteiger partial charge in [0.15, 0.2) is 0 Å². The highest BCUT2D eigenvalue weighted by molar-refractivity contribution is 5.30. The van der Waals surface area contributed by atoms with Gasteiger partial charge in [0.25, 0.3) is 0 Å². The first-order chi connectivity index (χ1) is 8.17. The van der Waals surface area contributed by atoms with Gasteiger partial charge in [-0.05, 0) is 51.4 Å². The molecule has 0 spiro atoms. The Bertz CT molecular complexity index is 347. The van der Waals surface area contributed by atoms with Crippen LogP contribution in [0.15, 0.2) is 36.9 Å². The maximum absolute atomic E-state index is 5.71. The third-order valence-corrected chi connectivity index (χ3v) is 2.64. The molecule has 1 rings (SSSR count). The van der Waals surface area contributed by atoms with Crippen LogP contribution in [-0.2, 0) is 0 Å². The van der Waals surface area contributed by atoms with Crippen molar-refractivity contribution in [2.75, 3.05) is 7.05 Å². The fourth-order valence-electron chi connectivity index (χ4n) is 1.84. The van der Waals surface area contributed by atoms with Gasteiger partial charge in [-0.15, -0.1) is 6.58 Å². The highest BCUT2D eigenvalue weighted by Crippen LogP contribution is 2.23. The van der Waals surface area contributed by atoms with Crippen molar-refractivity contribution in [3.8, 4) is 5.75 Å².